The molecular formula is C14H9ClN2O2. The molecule has 0 bridgehead atoms. The summed E-state index contributed by atoms with van der Waals surface area (Å²) in [5.74, 6) is -1.06. The number of pyridine rings is 1. The van der Waals surface area contributed by atoms with E-state index >= 15 is 0 Å². The van der Waals surface area contributed by atoms with Gasteiger partial charge < -0.3 is 5.11 Å². The van der Waals surface area contributed by atoms with Gasteiger partial charge in [-0.3, -0.25) is 4.98 Å². The van der Waals surface area contributed by atoms with E-state index < -0.39 is 5.97 Å². The molecule has 0 unspecified atom stereocenters. The van der Waals surface area contributed by atoms with Gasteiger partial charge in [0.05, 0.1) is 5.69 Å². The lowest BCUT2D eigenvalue weighted by atomic mass is 10.1. The molecule has 2 aromatic heterocycles. The molecule has 19 heavy (non-hydrogen) atoms. The first kappa shape index (κ1) is 11.7. The summed E-state index contributed by atoms with van der Waals surface area (Å²) in [4.78, 5) is 15.2. The van der Waals surface area contributed by atoms with E-state index in [4.69, 9.17) is 16.9 Å². The van der Waals surface area contributed by atoms with E-state index in [0.717, 1.165) is 20.4 Å². The highest BCUT2D eigenvalue weighted by Gasteiger charge is 2.15. The monoisotopic (exact) mass is 272 g/mol. The molecule has 1 N–H and O–H groups in total. The summed E-state index contributed by atoms with van der Waals surface area (Å²) in [7, 11) is 0. The quantitative estimate of drug-likeness (QED) is 0.778. The van der Waals surface area contributed by atoms with E-state index in [1.54, 1.807) is 18.5 Å². The summed E-state index contributed by atoms with van der Waals surface area (Å²) in [6, 6.07) is 10.9. The second kappa shape index (κ2) is 4.40. The number of aromatic carboxylic acids is 1. The van der Waals surface area contributed by atoms with Crippen LogP contribution in [0.5, 0.6) is 0 Å². The Morgan fingerprint density at radius 2 is 1.95 bits per heavy atom. The molecule has 0 saturated heterocycles. The fraction of sp³-hybridized carbons (Fsp3) is 0. The molecule has 5 heteroatoms. The third-order valence-electron chi connectivity index (χ3n) is 2.99. The molecule has 0 amide bonds. The van der Waals surface area contributed by atoms with Crippen molar-refractivity contribution < 1.29 is 9.90 Å². The molecule has 3 rings (SSSR count). The molecule has 0 saturated carbocycles. The Kier molecular flexibility index (Phi) is 2.72. The molecule has 0 spiro atoms. The summed E-state index contributed by atoms with van der Waals surface area (Å²) in [5, 5.41) is 11.0. The zero-order valence-electron chi connectivity index (χ0n) is 9.75. The normalized spacial score (nSPS) is 10.8. The minimum Gasteiger partial charge on any atom is -0.477 e. The number of nitrogens with zero attached hydrogens (tertiary/aromatic N) is 2. The maximum Gasteiger partial charge on any atom is 0.353 e. The molecule has 0 aliphatic heterocycles. The number of aromatic nitrogens is 2. The maximum absolute atomic E-state index is 11.0. The Balaban J connectivity index is 2.28. The fourth-order valence-corrected chi connectivity index (χ4v) is 2.37. The largest absolute Gasteiger partial charge is 0.477 e. The average Bonchev–Trinajstić information content (AvgIpc) is 2.80. The maximum atomic E-state index is 11.0. The standard InChI is InChI=1S/C14H9ClN2O2/c15-17-12(5-6-13(17)14(18)19)11-8-16-7-9-3-1-2-4-10(9)11/h1-8H,(H,18,19). The van der Waals surface area contributed by atoms with Crippen molar-refractivity contribution in [1.82, 2.24) is 9.07 Å². The molecular weight excluding hydrogens is 264 g/mol. The van der Waals surface area contributed by atoms with Crippen LogP contribution in [-0.4, -0.2) is 20.1 Å². The number of fused-ring (bicyclic) bond motifs is 1. The first-order valence-electron chi connectivity index (χ1n) is 5.63. The highest BCUT2D eigenvalue weighted by Crippen LogP contribution is 2.29. The minimum absolute atomic E-state index is 0.0320. The lowest BCUT2D eigenvalue weighted by molar-refractivity contribution is 0.0690. The Hall–Kier alpha value is -2.33. The molecule has 0 atom stereocenters. The van der Waals surface area contributed by atoms with Gasteiger partial charge in [0.15, 0.2) is 0 Å². The van der Waals surface area contributed by atoms with Crippen molar-refractivity contribution in [3.05, 3.63) is 54.5 Å². The third-order valence-corrected chi connectivity index (χ3v) is 3.35. The van der Waals surface area contributed by atoms with Crippen molar-refractivity contribution in [3.63, 3.8) is 0 Å². The van der Waals surface area contributed by atoms with E-state index in [2.05, 4.69) is 4.98 Å². The van der Waals surface area contributed by atoms with Gasteiger partial charge in [-0.1, -0.05) is 24.3 Å². The lowest BCUT2D eigenvalue weighted by Crippen LogP contribution is -2.01. The van der Waals surface area contributed by atoms with E-state index in [1.165, 1.54) is 6.07 Å². The number of halogens is 1. The Morgan fingerprint density at radius 1 is 1.16 bits per heavy atom. The molecule has 0 aliphatic rings. The first-order valence-corrected chi connectivity index (χ1v) is 5.96. The number of hydrogen-bond acceptors (Lipinski definition) is 2. The smallest absolute Gasteiger partial charge is 0.353 e. The van der Waals surface area contributed by atoms with Gasteiger partial charge in [-0.2, -0.15) is 0 Å². The number of carboxylic acid groups (broad SMARTS) is 1. The van der Waals surface area contributed by atoms with Gasteiger partial charge >= 0.3 is 5.97 Å². The number of carboxylic acids is 1. The molecule has 0 fully saturated rings. The highest BCUT2D eigenvalue weighted by molar-refractivity contribution is 6.20. The average molecular weight is 273 g/mol. The van der Waals surface area contributed by atoms with Gasteiger partial charge in [0, 0.05) is 35.1 Å². The van der Waals surface area contributed by atoms with Crippen LogP contribution < -0.4 is 0 Å². The van der Waals surface area contributed by atoms with E-state index in [9.17, 15) is 4.79 Å². The zero-order valence-corrected chi connectivity index (χ0v) is 10.5. The van der Waals surface area contributed by atoms with Gasteiger partial charge in [-0.05, 0) is 17.5 Å². The second-order valence-electron chi connectivity index (χ2n) is 4.10. The first-order chi connectivity index (χ1) is 9.18. The number of rotatable bonds is 2. The molecule has 3 aromatic rings. The lowest BCUT2D eigenvalue weighted by Gasteiger charge is -2.06. The van der Waals surface area contributed by atoms with Gasteiger partial charge in [0.2, 0.25) is 0 Å². The van der Waals surface area contributed by atoms with E-state index in [1.807, 2.05) is 24.3 Å². The fourth-order valence-electron chi connectivity index (χ4n) is 2.09. The van der Waals surface area contributed by atoms with E-state index in [0.29, 0.717) is 5.69 Å². The topological polar surface area (TPSA) is 55.1 Å². The third kappa shape index (κ3) is 1.86. The summed E-state index contributed by atoms with van der Waals surface area (Å²) in [5.41, 5.74) is 1.45. The Morgan fingerprint density at radius 3 is 2.68 bits per heavy atom. The van der Waals surface area contributed by atoms with Crippen LogP contribution in [0.15, 0.2) is 48.8 Å². The SMILES string of the molecule is O=C(O)c1ccc(-c2cncc3ccccc23)n1Cl. The Bertz CT molecular complexity index is 775. The van der Waals surface area contributed by atoms with Crippen LogP contribution in [0, 0.1) is 0 Å². The summed E-state index contributed by atoms with van der Waals surface area (Å²) < 4.78 is 1.14. The summed E-state index contributed by atoms with van der Waals surface area (Å²) in [6.45, 7) is 0. The molecule has 1 aromatic carbocycles. The summed E-state index contributed by atoms with van der Waals surface area (Å²) in [6.07, 6.45) is 3.45. The van der Waals surface area contributed by atoms with Crippen molar-refractivity contribution >= 4 is 28.5 Å². The second-order valence-corrected chi connectivity index (χ2v) is 4.44. The highest BCUT2D eigenvalue weighted by atomic mass is 35.5. The van der Waals surface area contributed by atoms with Gasteiger partial charge in [-0.15, -0.1) is 0 Å². The van der Waals surface area contributed by atoms with Crippen molar-refractivity contribution in [3.8, 4) is 11.3 Å². The summed E-state index contributed by atoms with van der Waals surface area (Å²) >= 11 is 6.06. The zero-order chi connectivity index (χ0) is 13.4. The van der Waals surface area contributed by atoms with Crippen LogP contribution in [0.2, 0.25) is 0 Å². The molecule has 2 heterocycles. The number of benzene rings is 1. The predicted octanol–water partition coefficient (Wildman–Crippen LogP) is 3.40. The van der Waals surface area contributed by atoms with Gasteiger partial charge in [-0.25, -0.2) is 8.88 Å². The van der Waals surface area contributed by atoms with Crippen LogP contribution in [0.3, 0.4) is 0 Å². The van der Waals surface area contributed by atoms with Crippen molar-refractivity contribution in [2.75, 3.05) is 0 Å². The van der Waals surface area contributed by atoms with Crippen LogP contribution in [0.1, 0.15) is 10.5 Å². The predicted molar refractivity (Wildman–Crippen MR) is 73.4 cm³/mol. The van der Waals surface area contributed by atoms with Crippen LogP contribution >= 0.6 is 11.8 Å². The van der Waals surface area contributed by atoms with Crippen molar-refractivity contribution in [2.45, 2.75) is 0 Å². The van der Waals surface area contributed by atoms with Crippen LogP contribution in [0.25, 0.3) is 22.0 Å². The van der Waals surface area contributed by atoms with Crippen molar-refractivity contribution in [2.24, 2.45) is 0 Å². The van der Waals surface area contributed by atoms with E-state index in [-0.39, 0.29) is 5.69 Å². The molecule has 4 nitrogen and oxygen atoms in total. The minimum atomic E-state index is -1.06. The number of carbonyl (C=O) groups is 1. The van der Waals surface area contributed by atoms with Crippen LogP contribution in [-0.2, 0) is 0 Å². The van der Waals surface area contributed by atoms with Gasteiger partial charge in [0.1, 0.15) is 5.69 Å². The molecule has 0 aliphatic carbocycles. The molecule has 94 valence electrons. The number of hydrogen-bond donors (Lipinski definition) is 1. The van der Waals surface area contributed by atoms with Crippen molar-refractivity contribution in [1.29, 1.82) is 0 Å². The van der Waals surface area contributed by atoms with Crippen LogP contribution in [0.4, 0.5) is 0 Å². The Labute approximate surface area is 114 Å². The molecule has 0 radical (unpaired) electrons. The van der Waals surface area contributed by atoms with Gasteiger partial charge in [0.25, 0.3) is 0 Å².